The van der Waals surface area contributed by atoms with Crippen molar-refractivity contribution in [3.05, 3.63) is 76.3 Å². The number of thiazole rings is 1. The molecule has 0 saturated carbocycles. The Hall–Kier alpha value is -2.50. The summed E-state index contributed by atoms with van der Waals surface area (Å²) in [5.74, 6) is -0.571. The first kappa shape index (κ1) is 17.9. The van der Waals surface area contributed by atoms with E-state index in [2.05, 4.69) is 41.5 Å². The number of carbonyl (C=O) groups is 1. The molecule has 0 amide bonds. The van der Waals surface area contributed by atoms with Crippen molar-refractivity contribution in [2.45, 2.75) is 25.8 Å². The predicted molar refractivity (Wildman–Crippen MR) is 108 cm³/mol. The highest BCUT2D eigenvalue weighted by Gasteiger charge is 2.27. The molecule has 4 nitrogen and oxygen atoms in total. The third-order valence-corrected chi connectivity index (χ3v) is 6.08. The quantitative estimate of drug-likeness (QED) is 0.692. The molecule has 2 aromatic carbocycles. The third-order valence-electron chi connectivity index (χ3n) is 5.14. The van der Waals surface area contributed by atoms with Crippen LogP contribution in [0.3, 0.4) is 0 Å². The van der Waals surface area contributed by atoms with Crippen LogP contribution in [0.25, 0.3) is 10.6 Å². The smallest absolute Gasteiger partial charge is 0.335 e. The Morgan fingerprint density at radius 2 is 2.00 bits per heavy atom. The molecular weight excluding hydrogens is 356 g/mol. The molecule has 138 valence electrons. The number of nitrogens with zero attached hydrogens (tertiary/aromatic N) is 2. The predicted octanol–water partition coefficient (Wildman–Crippen LogP) is 4.81. The second-order valence-corrected chi connectivity index (χ2v) is 7.98. The van der Waals surface area contributed by atoms with E-state index in [1.165, 1.54) is 5.56 Å². The van der Waals surface area contributed by atoms with Crippen molar-refractivity contribution in [2.75, 3.05) is 13.1 Å². The standard InChI is InChI=1S/C22H22N2O2S/c1-15-6-8-16(9-7-15)21-23-18(14-27-21)13-24-11-10-17(12-24)19-4-2-3-5-20(19)22(25)26/h2-9,14,17H,10-13H2,1H3,(H,25,26). The van der Waals surface area contributed by atoms with Gasteiger partial charge in [0.05, 0.1) is 11.3 Å². The average molecular weight is 378 g/mol. The van der Waals surface area contributed by atoms with Crippen molar-refractivity contribution in [3.8, 4) is 10.6 Å². The van der Waals surface area contributed by atoms with E-state index in [9.17, 15) is 9.90 Å². The molecule has 27 heavy (non-hydrogen) atoms. The number of benzene rings is 2. The first-order valence-electron chi connectivity index (χ1n) is 9.16. The summed E-state index contributed by atoms with van der Waals surface area (Å²) in [4.78, 5) is 18.7. The number of carboxylic acid groups (broad SMARTS) is 1. The van der Waals surface area contributed by atoms with E-state index < -0.39 is 5.97 Å². The van der Waals surface area contributed by atoms with Gasteiger partial charge in [-0.2, -0.15) is 0 Å². The number of hydrogen-bond donors (Lipinski definition) is 1. The molecule has 2 heterocycles. The maximum absolute atomic E-state index is 11.5. The summed E-state index contributed by atoms with van der Waals surface area (Å²) >= 11 is 1.68. The molecule has 1 atom stereocenters. The zero-order chi connectivity index (χ0) is 18.8. The van der Waals surface area contributed by atoms with Gasteiger partial charge in [0.15, 0.2) is 0 Å². The van der Waals surface area contributed by atoms with Crippen LogP contribution >= 0.6 is 11.3 Å². The minimum Gasteiger partial charge on any atom is -0.478 e. The molecule has 0 aliphatic carbocycles. The zero-order valence-corrected chi connectivity index (χ0v) is 16.1. The van der Waals surface area contributed by atoms with Gasteiger partial charge in [0.2, 0.25) is 0 Å². The number of aromatic nitrogens is 1. The van der Waals surface area contributed by atoms with E-state index >= 15 is 0 Å². The first-order valence-corrected chi connectivity index (χ1v) is 10.0. The number of aryl methyl sites for hydroxylation is 1. The van der Waals surface area contributed by atoms with E-state index in [0.717, 1.165) is 47.9 Å². The van der Waals surface area contributed by atoms with Crippen LogP contribution in [0.15, 0.2) is 53.9 Å². The van der Waals surface area contributed by atoms with Crippen LogP contribution < -0.4 is 0 Å². The lowest BCUT2D eigenvalue weighted by atomic mass is 9.93. The summed E-state index contributed by atoms with van der Waals surface area (Å²) in [6.07, 6.45) is 0.985. The molecule has 3 aromatic rings. The molecule has 1 aliphatic heterocycles. The molecule has 1 fully saturated rings. The van der Waals surface area contributed by atoms with Gasteiger partial charge in [-0.1, -0.05) is 48.0 Å². The Kier molecular flexibility index (Phi) is 5.05. The van der Waals surface area contributed by atoms with Gasteiger partial charge in [-0.3, -0.25) is 4.90 Å². The second-order valence-electron chi connectivity index (χ2n) is 7.12. The van der Waals surface area contributed by atoms with Crippen molar-refractivity contribution >= 4 is 17.3 Å². The van der Waals surface area contributed by atoms with Crippen LogP contribution in [0.5, 0.6) is 0 Å². The minimum atomic E-state index is -0.841. The van der Waals surface area contributed by atoms with Crippen molar-refractivity contribution in [1.82, 2.24) is 9.88 Å². The summed E-state index contributed by atoms with van der Waals surface area (Å²) < 4.78 is 0. The van der Waals surface area contributed by atoms with Crippen LogP contribution in [0, 0.1) is 6.92 Å². The Bertz CT molecular complexity index is 949. The highest BCUT2D eigenvalue weighted by Crippen LogP contribution is 2.31. The van der Waals surface area contributed by atoms with Crippen LogP contribution in [0.1, 0.15) is 39.5 Å². The molecule has 1 unspecified atom stereocenters. The minimum absolute atomic E-state index is 0.271. The molecule has 1 N–H and O–H groups in total. The molecule has 5 heteroatoms. The van der Waals surface area contributed by atoms with Gasteiger partial charge in [0.25, 0.3) is 0 Å². The summed E-state index contributed by atoms with van der Waals surface area (Å²) in [5.41, 5.74) is 4.88. The Balaban J connectivity index is 1.44. The number of likely N-dealkylation sites (tertiary alicyclic amines) is 1. The highest BCUT2D eigenvalue weighted by atomic mass is 32.1. The Labute approximate surface area is 163 Å². The van der Waals surface area contributed by atoms with Gasteiger partial charge < -0.3 is 5.11 Å². The van der Waals surface area contributed by atoms with Crippen LogP contribution in [0.4, 0.5) is 0 Å². The summed E-state index contributed by atoms with van der Waals surface area (Å²) in [6, 6.07) is 15.8. The molecule has 0 spiro atoms. The van der Waals surface area contributed by atoms with Crippen molar-refractivity contribution < 1.29 is 9.90 Å². The third kappa shape index (κ3) is 3.94. The fourth-order valence-corrected chi connectivity index (χ4v) is 4.53. The molecule has 0 bridgehead atoms. The van der Waals surface area contributed by atoms with Gasteiger partial charge >= 0.3 is 5.97 Å². The number of rotatable bonds is 5. The van der Waals surface area contributed by atoms with E-state index in [1.54, 1.807) is 23.5 Å². The number of hydrogen-bond acceptors (Lipinski definition) is 4. The van der Waals surface area contributed by atoms with Gasteiger partial charge in [-0.15, -0.1) is 11.3 Å². The number of aromatic carboxylic acids is 1. The highest BCUT2D eigenvalue weighted by molar-refractivity contribution is 7.13. The van der Waals surface area contributed by atoms with Gasteiger partial charge in [-0.05, 0) is 37.4 Å². The largest absolute Gasteiger partial charge is 0.478 e. The van der Waals surface area contributed by atoms with Crippen molar-refractivity contribution in [1.29, 1.82) is 0 Å². The van der Waals surface area contributed by atoms with Crippen LogP contribution in [-0.4, -0.2) is 34.0 Å². The van der Waals surface area contributed by atoms with Gasteiger partial charge in [-0.25, -0.2) is 9.78 Å². The van der Waals surface area contributed by atoms with Crippen molar-refractivity contribution in [3.63, 3.8) is 0 Å². The van der Waals surface area contributed by atoms with Crippen molar-refractivity contribution in [2.24, 2.45) is 0 Å². The lowest BCUT2D eigenvalue weighted by Gasteiger charge is -2.16. The molecular formula is C22H22N2O2S. The molecule has 1 aliphatic rings. The summed E-state index contributed by atoms with van der Waals surface area (Å²) in [7, 11) is 0. The second kappa shape index (κ2) is 7.62. The number of carboxylic acids is 1. The molecule has 1 saturated heterocycles. The van der Waals surface area contributed by atoms with E-state index in [0.29, 0.717) is 5.56 Å². The summed E-state index contributed by atoms with van der Waals surface area (Å²) in [6.45, 7) is 4.75. The maximum atomic E-state index is 11.5. The zero-order valence-electron chi connectivity index (χ0n) is 15.3. The topological polar surface area (TPSA) is 53.4 Å². The fraction of sp³-hybridized carbons (Fsp3) is 0.273. The normalized spacial score (nSPS) is 17.3. The average Bonchev–Trinajstić information content (AvgIpc) is 3.32. The van der Waals surface area contributed by atoms with Crippen LogP contribution in [0.2, 0.25) is 0 Å². The maximum Gasteiger partial charge on any atom is 0.335 e. The van der Waals surface area contributed by atoms with Gasteiger partial charge in [0, 0.05) is 24.0 Å². The molecule has 1 aromatic heterocycles. The Morgan fingerprint density at radius 1 is 1.22 bits per heavy atom. The summed E-state index contributed by atoms with van der Waals surface area (Å²) in [5, 5.41) is 12.6. The lowest BCUT2D eigenvalue weighted by molar-refractivity contribution is 0.0695. The van der Waals surface area contributed by atoms with E-state index in [-0.39, 0.29) is 5.92 Å². The van der Waals surface area contributed by atoms with E-state index in [4.69, 9.17) is 4.98 Å². The van der Waals surface area contributed by atoms with Crippen LogP contribution in [-0.2, 0) is 6.54 Å². The monoisotopic (exact) mass is 378 g/mol. The SMILES string of the molecule is Cc1ccc(-c2nc(CN3CCC(c4ccccc4C(=O)O)C3)cs2)cc1. The van der Waals surface area contributed by atoms with Gasteiger partial charge in [0.1, 0.15) is 5.01 Å². The fourth-order valence-electron chi connectivity index (χ4n) is 3.72. The lowest BCUT2D eigenvalue weighted by Crippen LogP contribution is -2.20. The Morgan fingerprint density at radius 3 is 2.78 bits per heavy atom. The first-order chi connectivity index (χ1) is 13.1. The van der Waals surface area contributed by atoms with E-state index in [1.807, 2.05) is 12.1 Å². The molecule has 0 radical (unpaired) electrons. The molecule has 4 rings (SSSR count).